The zero-order chi connectivity index (χ0) is 11.1. The minimum absolute atomic E-state index is 0. The third-order valence-electron chi connectivity index (χ3n) is 2.59. The Balaban J connectivity index is -0.000000245. The fourth-order valence-corrected chi connectivity index (χ4v) is 2.70. The van der Waals surface area contributed by atoms with Crippen LogP contribution in [0, 0.1) is 12.2 Å². The summed E-state index contributed by atoms with van der Waals surface area (Å²) in [7, 11) is -1.21. The van der Waals surface area contributed by atoms with Gasteiger partial charge in [-0.1, -0.05) is 18.6 Å². The van der Waals surface area contributed by atoms with E-state index in [1.807, 2.05) is 18.2 Å². The van der Waals surface area contributed by atoms with E-state index >= 15 is 0 Å². The molecule has 2 rings (SSSR count). The fourth-order valence-electron chi connectivity index (χ4n) is 1.31. The molecule has 0 heterocycles. The zero-order valence-corrected chi connectivity index (χ0v) is 14.9. The van der Waals surface area contributed by atoms with Gasteiger partial charge in [0.25, 0.3) is 0 Å². The van der Waals surface area contributed by atoms with Gasteiger partial charge in [-0.05, 0) is 0 Å². The van der Waals surface area contributed by atoms with Gasteiger partial charge >= 0.3 is 21.7 Å². The Hall–Kier alpha value is 0.211. The summed E-state index contributed by atoms with van der Waals surface area (Å²) < 4.78 is 0. The molecule has 2 aliphatic rings. The average molecular weight is 333 g/mol. The van der Waals surface area contributed by atoms with Gasteiger partial charge < -0.3 is 24.8 Å². The number of rotatable bonds is 2. The van der Waals surface area contributed by atoms with Crippen LogP contribution < -0.4 is 24.8 Å². The van der Waals surface area contributed by atoms with Crippen molar-refractivity contribution in [1.29, 1.82) is 0 Å². The van der Waals surface area contributed by atoms with E-state index in [-0.39, 0.29) is 46.5 Å². The summed E-state index contributed by atoms with van der Waals surface area (Å²) in [5.74, 6) is 0. The molecule has 0 saturated heterocycles. The van der Waals surface area contributed by atoms with E-state index in [1.54, 1.807) is 0 Å². The van der Waals surface area contributed by atoms with Crippen molar-refractivity contribution in [2.24, 2.45) is 0 Å². The molecule has 0 aliphatic heterocycles. The molecule has 96 valence electrons. The molecular formula is C14H18Cl2SiTi. The first-order chi connectivity index (χ1) is 7.17. The van der Waals surface area contributed by atoms with Crippen molar-refractivity contribution in [1.82, 2.24) is 0 Å². The molecular weight excluding hydrogens is 315 g/mol. The smallest absolute Gasteiger partial charge is 1.00 e. The summed E-state index contributed by atoms with van der Waals surface area (Å²) in [5.41, 5.74) is 2.68. The third kappa shape index (κ3) is 8.34. The maximum Gasteiger partial charge on any atom is 4.00 e. The molecule has 0 amide bonds. The second kappa shape index (κ2) is 12.3. The van der Waals surface area contributed by atoms with Crippen LogP contribution in [0.15, 0.2) is 48.7 Å². The Morgan fingerprint density at radius 2 is 1.89 bits per heavy atom. The van der Waals surface area contributed by atoms with E-state index in [9.17, 15) is 0 Å². The van der Waals surface area contributed by atoms with Crippen LogP contribution in [-0.4, -0.2) is 8.07 Å². The molecule has 0 spiro atoms. The van der Waals surface area contributed by atoms with E-state index in [1.165, 1.54) is 0 Å². The molecule has 0 fully saturated rings. The van der Waals surface area contributed by atoms with Crippen LogP contribution in [0.3, 0.4) is 0 Å². The predicted octanol–water partition coefficient (Wildman–Crippen LogP) is -1.97. The Labute approximate surface area is 140 Å². The Bertz CT molecular complexity index is 309. The minimum Gasteiger partial charge on any atom is -1.00 e. The van der Waals surface area contributed by atoms with E-state index in [0.717, 1.165) is 6.42 Å². The van der Waals surface area contributed by atoms with Crippen LogP contribution in [0.25, 0.3) is 0 Å². The van der Waals surface area contributed by atoms with Crippen molar-refractivity contribution in [3.05, 3.63) is 60.9 Å². The molecule has 0 saturated carbocycles. The first-order valence-electron chi connectivity index (χ1n) is 5.28. The van der Waals surface area contributed by atoms with Crippen molar-refractivity contribution >= 4 is 8.07 Å². The Morgan fingerprint density at radius 1 is 1.22 bits per heavy atom. The standard InChI is InChI=1S/C9H13Si.C5H5.2ClH.Ti/c1-4-10(2,3)9-7-5-6-8-9;1-2-4-5-3-1;;;/h4-7,9H,1H2,2-3H3;1-3H,4H2;2*1H;/q2*-1;;;+4/p-2. The van der Waals surface area contributed by atoms with Gasteiger partial charge in [0.1, 0.15) is 0 Å². The van der Waals surface area contributed by atoms with Gasteiger partial charge in [0.05, 0.1) is 8.07 Å². The first-order valence-corrected chi connectivity index (χ1v) is 8.43. The van der Waals surface area contributed by atoms with Gasteiger partial charge in [-0.3, -0.25) is 12.2 Å². The summed E-state index contributed by atoms with van der Waals surface area (Å²) in [4.78, 5) is 0. The topological polar surface area (TPSA) is 0 Å². The van der Waals surface area contributed by atoms with E-state index < -0.39 is 8.07 Å². The van der Waals surface area contributed by atoms with Gasteiger partial charge in [0.15, 0.2) is 0 Å². The van der Waals surface area contributed by atoms with Crippen LogP contribution in [0.1, 0.15) is 6.42 Å². The van der Waals surface area contributed by atoms with Crippen LogP contribution in [0.2, 0.25) is 18.6 Å². The van der Waals surface area contributed by atoms with Crippen molar-refractivity contribution < 1.29 is 46.5 Å². The van der Waals surface area contributed by atoms with Gasteiger partial charge in [-0.15, -0.1) is 18.7 Å². The predicted molar refractivity (Wildman–Crippen MR) is 70.0 cm³/mol. The molecule has 0 N–H and O–H groups in total. The molecule has 1 unspecified atom stereocenters. The maximum absolute atomic E-state index is 3.85. The Kier molecular flexibility index (Phi) is 15.9. The molecule has 18 heavy (non-hydrogen) atoms. The zero-order valence-electron chi connectivity index (χ0n) is 10.8. The molecule has 4 heteroatoms. The normalized spacial score (nSPS) is 18.0. The molecule has 0 aromatic heterocycles. The largest absolute Gasteiger partial charge is 4.00 e. The molecule has 2 aliphatic carbocycles. The summed E-state index contributed by atoms with van der Waals surface area (Å²) in [6, 6.07) is 0. The number of halogens is 2. The monoisotopic (exact) mass is 332 g/mol. The van der Waals surface area contributed by atoms with Crippen LogP contribution in [0.4, 0.5) is 0 Å². The maximum atomic E-state index is 3.85. The van der Waals surface area contributed by atoms with Crippen LogP contribution in [-0.2, 0) is 21.7 Å². The van der Waals surface area contributed by atoms with Gasteiger partial charge in [0.2, 0.25) is 0 Å². The van der Waals surface area contributed by atoms with Gasteiger partial charge in [-0.2, -0.15) is 12.2 Å². The number of allylic oxidation sites excluding steroid dienone is 8. The Morgan fingerprint density at radius 3 is 2.17 bits per heavy atom. The molecule has 0 bridgehead atoms. The summed E-state index contributed by atoms with van der Waals surface area (Å²) in [5, 5.41) is 0. The van der Waals surface area contributed by atoms with Crippen LogP contribution in [0.5, 0.6) is 0 Å². The second-order valence-corrected chi connectivity index (χ2v) is 8.90. The molecule has 1 atom stereocenters. The molecule has 0 aromatic carbocycles. The van der Waals surface area contributed by atoms with Crippen molar-refractivity contribution in [2.75, 3.05) is 0 Å². The van der Waals surface area contributed by atoms with Crippen molar-refractivity contribution in [2.45, 2.75) is 25.1 Å². The van der Waals surface area contributed by atoms with Gasteiger partial charge in [0, 0.05) is 0 Å². The fraction of sp³-hybridized carbons (Fsp3) is 0.286. The van der Waals surface area contributed by atoms with Crippen molar-refractivity contribution in [3.8, 4) is 0 Å². The first kappa shape index (κ1) is 23.3. The van der Waals surface area contributed by atoms with E-state index in [2.05, 4.69) is 55.8 Å². The van der Waals surface area contributed by atoms with Gasteiger partial charge in [-0.25, -0.2) is 24.3 Å². The quantitative estimate of drug-likeness (QED) is 0.406. The van der Waals surface area contributed by atoms with E-state index in [0.29, 0.717) is 5.54 Å². The van der Waals surface area contributed by atoms with Crippen LogP contribution >= 0.6 is 0 Å². The SMILES string of the molecule is C=C[Si](C)(C)C1[C-]=CC=C1.[C-]1=CC=CC1.[Cl-].[Cl-].[Ti+4]. The van der Waals surface area contributed by atoms with Crippen molar-refractivity contribution in [3.63, 3.8) is 0 Å². The number of hydrogen-bond donors (Lipinski definition) is 0. The number of hydrogen-bond acceptors (Lipinski definition) is 0. The summed E-state index contributed by atoms with van der Waals surface area (Å²) in [6.45, 7) is 8.46. The molecule has 0 radical (unpaired) electrons. The van der Waals surface area contributed by atoms with E-state index in [4.69, 9.17) is 0 Å². The summed E-state index contributed by atoms with van der Waals surface area (Å²) in [6.07, 6.45) is 19.6. The molecule has 0 nitrogen and oxygen atoms in total. The summed E-state index contributed by atoms with van der Waals surface area (Å²) >= 11 is 0. The minimum atomic E-state index is -1.21. The average Bonchev–Trinajstić information content (AvgIpc) is 2.93. The second-order valence-electron chi connectivity index (χ2n) is 4.22. The molecule has 0 aromatic rings. The third-order valence-corrected chi connectivity index (χ3v) is 5.60.